The first-order valence-electron chi connectivity index (χ1n) is 8.86. The Morgan fingerprint density at radius 2 is 1.97 bits per heavy atom. The number of aryl methyl sites for hydroxylation is 1. The van der Waals surface area contributed by atoms with E-state index in [0.717, 1.165) is 25.9 Å². The lowest BCUT2D eigenvalue weighted by Crippen LogP contribution is -2.42. The molecule has 0 unspecified atom stereocenters. The van der Waals surface area contributed by atoms with E-state index in [1.54, 1.807) is 19.1 Å². The summed E-state index contributed by atoms with van der Waals surface area (Å²) < 4.78 is 38.8. The van der Waals surface area contributed by atoms with Crippen LogP contribution in [0.3, 0.4) is 0 Å². The van der Waals surface area contributed by atoms with Gasteiger partial charge in [-0.1, -0.05) is 18.2 Å². The third kappa shape index (κ3) is 7.45. The summed E-state index contributed by atoms with van der Waals surface area (Å²) in [4.78, 5) is 22.3. The van der Waals surface area contributed by atoms with Crippen molar-refractivity contribution in [2.75, 3.05) is 18.4 Å². The average Bonchev–Trinajstić information content (AvgIpc) is 3.13. The van der Waals surface area contributed by atoms with Crippen molar-refractivity contribution in [3.05, 3.63) is 41.7 Å². The number of H-pyrrole nitrogens is 1. The fourth-order valence-corrected chi connectivity index (χ4v) is 2.65. The zero-order valence-electron chi connectivity index (χ0n) is 15.7. The van der Waals surface area contributed by atoms with E-state index in [4.69, 9.17) is 0 Å². The van der Waals surface area contributed by atoms with Gasteiger partial charge >= 0.3 is 6.36 Å². The summed E-state index contributed by atoms with van der Waals surface area (Å²) in [5.74, 6) is -0.385. The molecule has 158 valence electrons. The molecule has 8 nitrogen and oxygen atoms in total. The first kappa shape index (κ1) is 22.2. The molecule has 0 aliphatic carbocycles. The maximum Gasteiger partial charge on any atom is 0.573 e. The number of nitrogens with one attached hydrogen (secondary N) is 4. The Kier molecular flexibility index (Phi) is 8.01. The Morgan fingerprint density at radius 1 is 1.28 bits per heavy atom. The van der Waals surface area contributed by atoms with Crippen molar-refractivity contribution in [2.45, 2.75) is 32.2 Å². The van der Waals surface area contributed by atoms with Crippen LogP contribution in [0.1, 0.15) is 28.9 Å². The highest BCUT2D eigenvalue weighted by Gasteiger charge is 2.31. The van der Waals surface area contributed by atoms with E-state index in [2.05, 4.69) is 30.9 Å². The summed E-state index contributed by atoms with van der Waals surface area (Å²) in [6.45, 7) is 3.38. The first-order valence-corrected chi connectivity index (χ1v) is 8.86. The molecule has 1 saturated heterocycles. The number of rotatable bonds is 5. The molecule has 0 radical (unpaired) electrons. The van der Waals surface area contributed by atoms with Crippen LogP contribution in [0.25, 0.3) is 0 Å². The molecule has 11 heteroatoms. The van der Waals surface area contributed by atoms with Crippen molar-refractivity contribution in [1.29, 1.82) is 0 Å². The van der Waals surface area contributed by atoms with Gasteiger partial charge in [0.2, 0.25) is 6.41 Å². The molecule has 29 heavy (non-hydrogen) atoms. The van der Waals surface area contributed by atoms with E-state index < -0.39 is 6.36 Å². The zero-order chi connectivity index (χ0) is 21.3. The van der Waals surface area contributed by atoms with Crippen LogP contribution in [-0.4, -0.2) is 48.0 Å². The number of nitrogens with zero attached hydrogens (tertiary/aromatic N) is 1. The third-order valence-electron chi connectivity index (χ3n) is 4.07. The molecule has 1 aromatic heterocycles. The summed E-state index contributed by atoms with van der Waals surface area (Å²) in [7, 11) is 0. The SMILES string of the molecule is Cc1ccccc1OC(F)(F)F.O=CNc1cn[nH]c1C(=O)NC1CCNCC1. The fourth-order valence-electron chi connectivity index (χ4n) is 2.65. The van der Waals surface area contributed by atoms with Crippen LogP contribution < -0.4 is 20.7 Å². The van der Waals surface area contributed by atoms with Crippen molar-refractivity contribution < 1.29 is 27.5 Å². The highest BCUT2D eigenvalue weighted by atomic mass is 19.4. The van der Waals surface area contributed by atoms with E-state index in [-0.39, 0.29) is 23.4 Å². The van der Waals surface area contributed by atoms with Gasteiger partial charge in [0.25, 0.3) is 5.91 Å². The van der Waals surface area contributed by atoms with Crippen LogP contribution in [0.2, 0.25) is 0 Å². The van der Waals surface area contributed by atoms with Gasteiger partial charge in [-0.3, -0.25) is 14.7 Å². The number of halogens is 3. The van der Waals surface area contributed by atoms with Gasteiger partial charge in [0.05, 0.1) is 11.9 Å². The number of piperidine rings is 1. The monoisotopic (exact) mass is 413 g/mol. The summed E-state index contributed by atoms with van der Waals surface area (Å²) in [6.07, 6.45) is -0.851. The van der Waals surface area contributed by atoms with E-state index in [1.807, 2.05) is 0 Å². The van der Waals surface area contributed by atoms with E-state index in [1.165, 1.54) is 18.3 Å². The molecular weight excluding hydrogens is 391 g/mol. The minimum absolute atomic E-state index is 0.148. The quantitative estimate of drug-likeness (QED) is 0.563. The Hall–Kier alpha value is -3.08. The van der Waals surface area contributed by atoms with Crippen LogP contribution in [-0.2, 0) is 4.79 Å². The van der Waals surface area contributed by atoms with Crippen molar-refractivity contribution in [3.63, 3.8) is 0 Å². The number of carbonyl (C=O) groups excluding carboxylic acids is 2. The molecule has 1 aromatic carbocycles. The summed E-state index contributed by atoms with van der Waals surface area (Å²) >= 11 is 0. The number of hydrogen-bond acceptors (Lipinski definition) is 5. The number of aromatic amines is 1. The number of carbonyl (C=O) groups is 2. The number of alkyl halides is 3. The predicted octanol–water partition coefficient (Wildman–Crippen LogP) is 2.35. The fraction of sp³-hybridized carbons (Fsp3) is 0.389. The largest absolute Gasteiger partial charge is 0.573 e. The van der Waals surface area contributed by atoms with E-state index in [0.29, 0.717) is 17.7 Å². The average molecular weight is 413 g/mol. The van der Waals surface area contributed by atoms with Gasteiger partial charge in [0.1, 0.15) is 11.4 Å². The lowest BCUT2D eigenvalue weighted by molar-refractivity contribution is -0.274. The number of anilines is 1. The lowest BCUT2D eigenvalue weighted by atomic mass is 10.1. The summed E-state index contributed by atoms with van der Waals surface area (Å²) in [5, 5.41) is 14.9. The normalized spacial score (nSPS) is 14.3. The second kappa shape index (κ2) is 10.5. The number of para-hydroxylation sites is 1. The number of aromatic nitrogens is 2. The molecular formula is C18H22F3N5O3. The predicted molar refractivity (Wildman–Crippen MR) is 99.5 cm³/mol. The third-order valence-corrected chi connectivity index (χ3v) is 4.07. The van der Waals surface area contributed by atoms with Crippen LogP contribution in [0.4, 0.5) is 18.9 Å². The summed E-state index contributed by atoms with van der Waals surface area (Å²) in [6, 6.07) is 6.16. The van der Waals surface area contributed by atoms with Gasteiger partial charge in [0.15, 0.2) is 0 Å². The summed E-state index contributed by atoms with van der Waals surface area (Å²) in [5.41, 5.74) is 1.15. The van der Waals surface area contributed by atoms with E-state index >= 15 is 0 Å². The zero-order valence-corrected chi connectivity index (χ0v) is 15.7. The van der Waals surface area contributed by atoms with Crippen LogP contribution in [0.15, 0.2) is 30.5 Å². The van der Waals surface area contributed by atoms with Crippen LogP contribution in [0, 0.1) is 6.92 Å². The van der Waals surface area contributed by atoms with Crippen LogP contribution in [0.5, 0.6) is 5.75 Å². The van der Waals surface area contributed by atoms with Gasteiger partial charge in [-0.2, -0.15) is 5.10 Å². The van der Waals surface area contributed by atoms with Crippen molar-refractivity contribution >= 4 is 18.0 Å². The molecule has 0 bridgehead atoms. The second-order valence-electron chi connectivity index (χ2n) is 6.23. The highest BCUT2D eigenvalue weighted by Crippen LogP contribution is 2.25. The number of benzene rings is 1. The Bertz CT molecular complexity index is 804. The Labute approximate surface area is 165 Å². The highest BCUT2D eigenvalue weighted by molar-refractivity contribution is 5.99. The molecule has 0 spiro atoms. The van der Waals surface area contributed by atoms with Gasteiger partial charge in [-0.05, 0) is 44.5 Å². The van der Waals surface area contributed by atoms with Crippen molar-refractivity contribution in [2.24, 2.45) is 0 Å². The van der Waals surface area contributed by atoms with Crippen molar-refractivity contribution in [1.82, 2.24) is 20.8 Å². The second-order valence-corrected chi connectivity index (χ2v) is 6.23. The standard InChI is InChI=1S/C10H15N5O2.C8H7F3O/c16-6-12-8-5-13-15-9(8)10(17)14-7-1-3-11-4-2-7;1-6-4-2-3-5-7(6)12-8(9,10)11/h5-7,11H,1-4H2,(H,12,16)(H,13,15)(H,14,17);2-5H,1H3. The molecule has 4 N–H and O–H groups in total. The van der Waals surface area contributed by atoms with Gasteiger partial charge in [-0.25, -0.2) is 0 Å². The molecule has 0 atom stereocenters. The van der Waals surface area contributed by atoms with Gasteiger partial charge in [0, 0.05) is 6.04 Å². The minimum atomic E-state index is -4.61. The Balaban J connectivity index is 0.000000221. The van der Waals surface area contributed by atoms with Crippen molar-refractivity contribution in [3.8, 4) is 5.75 Å². The number of ether oxygens (including phenoxy) is 1. The molecule has 2 aromatic rings. The lowest BCUT2D eigenvalue weighted by Gasteiger charge is -2.23. The number of hydrogen-bond donors (Lipinski definition) is 4. The van der Waals surface area contributed by atoms with E-state index in [9.17, 15) is 22.8 Å². The molecule has 0 saturated carbocycles. The van der Waals surface area contributed by atoms with Gasteiger partial charge in [-0.15, -0.1) is 13.2 Å². The maximum atomic E-state index is 11.9. The molecule has 1 aliphatic rings. The molecule has 1 fully saturated rings. The minimum Gasteiger partial charge on any atom is -0.406 e. The molecule has 2 amide bonds. The van der Waals surface area contributed by atoms with Gasteiger partial charge < -0.3 is 20.7 Å². The molecule has 3 rings (SSSR count). The smallest absolute Gasteiger partial charge is 0.406 e. The number of amides is 2. The molecule has 1 aliphatic heterocycles. The maximum absolute atomic E-state index is 11.9. The topological polar surface area (TPSA) is 108 Å². The molecule has 2 heterocycles. The Morgan fingerprint density at radius 3 is 2.59 bits per heavy atom. The van der Waals surface area contributed by atoms with Crippen LogP contribution >= 0.6 is 0 Å². The first-order chi connectivity index (χ1) is 13.8.